The fraction of sp³-hybridized carbons (Fsp3) is 0.579. The van der Waals surface area contributed by atoms with Crippen molar-refractivity contribution in [3.63, 3.8) is 0 Å². The smallest absolute Gasteiger partial charge is 0.330 e. The van der Waals surface area contributed by atoms with Crippen molar-refractivity contribution in [2.24, 2.45) is 0 Å². The number of imidazole rings is 1. The van der Waals surface area contributed by atoms with Gasteiger partial charge >= 0.3 is 5.69 Å². The number of ether oxygens (including phenoxy) is 1. The van der Waals surface area contributed by atoms with Gasteiger partial charge in [-0.1, -0.05) is 24.6 Å². The van der Waals surface area contributed by atoms with E-state index in [1.165, 1.54) is 31.7 Å². The Morgan fingerprint density at radius 2 is 2.00 bits per heavy atom. The molecule has 158 valence electrons. The summed E-state index contributed by atoms with van der Waals surface area (Å²) in [6.45, 7) is 4.38. The number of nitrogens with one attached hydrogen (secondary N) is 1. The van der Waals surface area contributed by atoms with Gasteiger partial charge in [-0.3, -0.25) is 19.1 Å². The minimum absolute atomic E-state index is 0.0123. The number of carbonyl (C=O) groups excluding carboxylic acids is 1. The molecule has 2 heterocycles. The lowest BCUT2D eigenvalue weighted by Gasteiger charge is -2.17. The fourth-order valence-electron chi connectivity index (χ4n) is 3.75. The molecule has 0 amide bonds. The van der Waals surface area contributed by atoms with Crippen LogP contribution in [0.1, 0.15) is 53.5 Å². The molecular formula is C19H27N5O4S. The molecule has 0 bridgehead atoms. The van der Waals surface area contributed by atoms with E-state index in [1.807, 2.05) is 13.8 Å². The van der Waals surface area contributed by atoms with Crippen LogP contribution in [0, 0.1) is 13.8 Å². The summed E-state index contributed by atoms with van der Waals surface area (Å²) in [5.41, 5.74) is 6.43. The van der Waals surface area contributed by atoms with E-state index in [-0.39, 0.29) is 30.3 Å². The Kier molecular flexibility index (Phi) is 6.63. The fourth-order valence-corrected chi connectivity index (χ4v) is 4.79. The highest BCUT2D eigenvalue weighted by Gasteiger charge is 2.25. The second-order valence-corrected chi connectivity index (χ2v) is 8.19. The van der Waals surface area contributed by atoms with Gasteiger partial charge in [0, 0.05) is 18.8 Å². The molecule has 10 heteroatoms. The lowest BCUT2D eigenvalue weighted by Crippen LogP contribution is -2.37. The van der Waals surface area contributed by atoms with Crippen LogP contribution in [0.5, 0.6) is 0 Å². The Morgan fingerprint density at radius 3 is 2.66 bits per heavy atom. The SMILES string of the molecule is COCCn1c(N)c(C(=O)CSc2nc(C)c(C)n2C2CCCC2)c(=O)[nH]c1=O. The first-order valence-electron chi connectivity index (χ1n) is 9.68. The number of nitrogens with zero attached hydrogens (tertiary/aromatic N) is 3. The van der Waals surface area contributed by atoms with Gasteiger partial charge in [-0.2, -0.15) is 0 Å². The topological polar surface area (TPSA) is 125 Å². The summed E-state index contributed by atoms with van der Waals surface area (Å²) in [7, 11) is 1.49. The Balaban J connectivity index is 1.84. The zero-order valence-electron chi connectivity index (χ0n) is 17.0. The first-order chi connectivity index (χ1) is 13.8. The zero-order valence-corrected chi connectivity index (χ0v) is 17.8. The van der Waals surface area contributed by atoms with E-state index in [9.17, 15) is 14.4 Å². The maximum atomic E-state index is 12.8. The van der Waals surface area contributed by atoms with Gasteiger partial charge in [0.25, 0.3) is 5.56 Å². The van der Waals surface area contributed by atoms with Gasteiger partial charge in [-0.15, -0.1) is 0 Å². The molecular weight excluding hydrogens is 394 g/mol. The number of anilines is 1. The molecule has 29 heavy (non-hydrogen) atoms. The van der Waals surface area contributed by atoms with Crippen LogP contribution in [0.4, 0.5) is 5.82 Å². The third-order valence-electron chi connectivity index (χ3n) is 5.41. The minimum atomic E-state index is -0.765. The number of aromatic amines is 1. The molecule has 1 saturated carbocycles. The summed E-state index contributed by atoms with van der Waals surface area (Å²) in [6.07, 6.45) is 4.60. The van der Waals surface area contributed by atoms with Crippen molar-refractivity contribution in [1.82, 2.24) is 19.1 Å². The number of thioether (sulfide) groups is 1. The lowest BCUT2D eigenvalue weighted by atomic mass is 10.2. The van der Waals surface area contributed by atoms with E-state index >= 15 is 0 Å². The number of H-pyrrole nitrogens is 1. The molecule has 0 atom stereocenters. The molecule has 0 radical (unpaired) electrons. The summed E-state index contributed by atoms with van der Waals surface area (Å²) in [6, 6.07) is 0.401. The van der Waals surface area contributed by atoms with Crippen LogP contribution in [0.25, 0.3) is 0 Å². The van der Waals surface area contributed by atoms with Crippen LogP contribution in [0.3, 0.4) is 0 Å². The van der Waals surface area contributed by atoms with Gasteiger partial charge in [0.2, 0.25) is 0 Å². The minimum Gasteiger partial charge on any atom is -0.384 e. The number of aromatic nitrogens is 4. The molecule has 0 unspecified atom stereocenters. The molecule has 1 aliphatic rings. The lowest BCUT2D eigenvalue weighted by molar-refractivity contribution is 0.102. The van der Waals surface area contributed by atoms with Gasteiger partial charge in [0.05, 0.1) is 24.6 Å². The number of Topliss-reactive ketones (excluding diaryl/α,β-unsaturated/α-hetero) is 1. The summed E-state index contributed by atoms with van der Waals surface area (Å²) in [5.74, 6) is -0.553. The molecule has 0 spiro atoms. The Labute approximate surface area is 172 Å². The van der Waals surface area contributed by atoms with Crippen molar-refractivity contribution in [1.29, 1.82) is 0 Å². The van der Waals surface area contributed by atoms with Crippen molar-refractivity contribution in [2.75, 3.05) is 25.2 Å². The van der Waals surface area contributed by atoms with Crippen LogP contribution < -0.4 is 17.0 Å². The molecule has 2 aromatic rings. The highest BCUT2D eigenvalue weighted by atomic mass is 32.2. The number of carbonyl (C=O) groups is 1. The Bertz CT molecular complexity index is 1020. The number of aryl methyl sites for hydroxylation is 1. The maximum Gasteiger partial charge on any atom is 0.330 e. The van der Waals surface area contributed by atoms with Crippen LogP contribution >= 0.6 is 11.8 Å². The average molecular weight is 422 g/mol. The molecule has 1 fully saturated rings. The highest BCUT2D eigenvalue weighted by Crippen LogP contribution is 2.35. The van der Waals surface area contributed by atoms with E-state index in [2.05, 4.69) is 14.5 Å². The summed E-state index contributed by atoms with van der Waals surface area (Å²) in [4.78, 5) is 43.8. The van der Waals surface area contributed by atoms with Gasteiger partial charge in [-0.25, -0.2) is 9.78 Å². The summed E-state index contributed by atoms with van der Waals surface area (Å²) in [5, 5.41) is 0.781. The number of nitrogens with two attached hydrogens (primary N) is 1. The van der Waals surface area contributed by atoms with E-state index in [0.717, 1.165) is 34.0 Å². The Morgan fingerprint density at radius 1 is 1.31 bits per heavy atom. The third-order valence-corrected chi connectivity index (χ3v) is 6.37. The number of ketones is 1. The molecule has 9 nitrogen and oxygen atoms in total. The van der Waals surface area contributed by atoms with Crippen molar-refractivity contribution in [3.8, 4) is 0 Å². The summed E-state index contributed by atoms with van der Waals surface area (Å²) >= 11 is 1.30. The maximum absolute atomic E-state index is 12.8. The van der Waals surface area contributed by atoms with Crippen molar-refractivity contribution in [3.05, 3.63) is 37.8 Å². The first kappa shape index (κ1) is 21.4. The van der Waals surface area contributed by atoms with E-state index in [0.29, 0.717) is 6.04 Å². The monoisotopic (exact) mass is 421 g/mol. The third kappa shape index (κ3) is 4.32. The number of methoxy groups -OCH3 is 1. The van der Waals surface area contributed by atoms with Crippen molar-refractivity contribution >= 4 is 23.4 Å². The van der Waals surface area contributed by atoms with Crippen molar-refractivity contribution in [2.45, 2.75) is 57.3 Å². The summed E-state index contributed by atoms with van der Waals surface area (Å²) < 4.78 is 8.32. The van der Waals surface area contributed by atoms with Crippen LogP contribution in [0.15, 0.2) is 14.7 Å². The number of rotatable bonds is 8. The predicted octanol–water partition coefficient (Wildman–Crippen LogP) is 1.67. The van der Waals surface area contributed by atoms with E-state index in [4.69, 9.17) is 10.5 Å². The largest absolute Gasteiger partial charge is 0.384 e. The number of hydrogen-bond acceptors (Lipinski definition) is 7. The highest BCUT2D eigenvalue weighted by molar-refractivity contribution is 7.99. The molecule has 0 aromatic carbocycles. The van der Waals surface area contributed by atoms with Crippen LogP contribution in [-0.2, 0) is 11.3 Å². The second kappa shape index (κ2) is 9.00. The first-order valence-corrected chi connectivity index (χ1v) is 10.7. The molecule has 1 aliphatic carbocycles. The number of hydrogen-bond donors (Lipinski definition) is 2. The van der Waals surface area contributed by atoms with Crippen LogP contribution in [-0.4, -0.2) is 44.4 Å². The average Bonchev–Trinajstić information content (AvgIpc) is 3.28. The quantitative estimate of drug-likeness (QED) is 0.490. The molecule has 0 aliphatic heterocycles. The normalized spacial score (nSPS) is 14.6. The number of nitrogen functional groups attached to an aromatic ring is 1. The van der Waals surface area contributed by atoms with Gasteiger partial charge in [0.1, 0.15) is 11.4 Å². The van der Waals surface area contributed by atoms with E-state index < -0.39 is 17.0 Å². The predicted molar refractivity (Wildman–Crippen MR) is 112 cm³/mol. The molecule has 0 saturated heterocycles. The van der Waals surface area contributed by atoms with Gasteiger partial charge in [0.15, 0.2) is 10.9 Å². The standard InChI is InChI=1S/C19H27N5O4S/c1-11-12(2)24(13-6-4-5-7-13)19(21-11)29-10-14(25)15-16(20)23(8-9-28-3)18(27)22-17(15)26/h13H,4-10,20H2,1-3H3,(H,22,26,27). The zero-order chi connectivity index (χ0) is 21.1. The van der Waals surface area contributed by atoms with Gasteiger partial charge < -0.3 is 15.0 Å². The van der Waals surface area contributed by atoms with Gasteiger partial charge in [-0.05, 0) is 26.7 Å². The second-order valence-electron chi connectivity index (χ2n) is 7.25. The van der Waals surface area contributed by atoms with Crippen LogP contribution in [0.2, 0.25) is 0 Å². The van der Waals surface area contributed by atoms with Crippen molar-refractivity contribution < 1.29 is 9.53 Å². The molecule has 3 rings (SSSR count). The molecule has 3 N–H and O–H groups in total. The Hall–Kier alpha value is -2.33. The molecule has 2 aromatic heterocycles. The van der Waals surface area contributed by atoms with E-state index in [1.54, 1.807) is 0 Å².